The lowest BCUT2D eigenvalue weighted by Crippen LogP contribution is -2.25. The summed E-state index contributed by atoms with van der Waals surface area (Å²) >= 11 is 0. The third-order valence-electron chi connectivity index (χ3n) is 2.85. The van der Waals surface area contributed by atoms with Crippen molar-refractivity contribution in [2.75, 3.05) is 0 Å². The lowest BCUT2D eigenvalue weighted by molar-refractivity contribution is 0.729. The maximum atomic E-state index is 7.15. The Morgan fingerprint density at radius 3 is 2.71 bits per heavy atom. The van der Waals surface area contributed by atoms with E-state index in [9.17, 15) is 0 Å². The Morgan fingerprint density at radius 2 is 2.07 bits per heavy atom. The maximum Gasteiger partial charge on any atom is 0.0670 e. The van der Waals surface area contributed by atoms with E-state index in [0.717, 1.165) is 11.4 Å². The van der Waals surface area contributed by atoms with Crippen molar-refractivity contribution in [2.45, 2.75) is 25.7 Å². The van der Waals surface area contributed by atoms with Gasteiger partial charge in [0.05, 0.1) is 5.69 Å². The van der Waals surface area contributed by atoms with Gasteiger partial charge in [0.25, 0.3) is 0 Å². The van der Waals surface area contributed by atoms with Crippen LogP contribution >= 0.6 is 0 Å². The van der Waals surface area contributed by atoms with E-state index in [2.05, 4.69) is 24.9 Å². The van der Waals surface area contributed by atoms with Crippen LogP contribution in [0.25, 0.3) is 0 Å². The summed E-state index contributed by atoms with van der Waals surface area (Å²) < 4.78 is 0. The van der Waals surface area contributed by atoms with Gasteiger partial charge >= 0.3 is 0 Å². The van der Waals surface area contributed by atoms with Gasteiger partial charge in [-0.2, -0.15) is 0 Å². The molecule has 14 heavy (non-hydrogen) atoms. The molecule has 0 amide bonds. The van der Waals surface area contributed by atoms with Gasteiger partial charge in [-0.05, 0) is 11.6 Å². The molecule has 0 atom stereocenters. The van der Waals surface area contributed by atoms with Gasteiger partial charge in [0, 0.05) is 23.8 Å². The van der Waals surface area contributed by atoms with E-state index >= 15 is 0 Å². The average Bonchev–Trinajstić information content (AvgIpc) is 2.41. The highest BCUT2D eigenvalue weighted by Gasteiger charge is 2.33. The smallest absolute Gasteiger partial charge is 0.0670 e. The van der Waals surface area contributed by atoms with E-state index in [4.69, 9.17) is 5.41 Å². The number of para-hydroxylation sites is 1. The first-order valence-corrected chi connectivity index (χ1v) is 4.83. The molecule has 0 fully saturated rings. The molecule has 2 rings (SSSR count). The number of hydrogen-bond donors (Lipinski definition) is 1. The van der Waals surface area contributed by atoms with Crippen molar-refractivity contribution < 1.29 is 0 Å². The first kappa shape index (κ1) is 9.13. The fourth-order valence-corrected chi connectivity index (χ4v) is 1.94. The van der Waals surface area contributed by atoms with Crippen LogP contribution in [0.1, 0.15) is 25.8 Å². The van der Waals surface area contributed by atoms with E-state index in [1.807, 2.05) is 18.2 Å². The van der Waals surface area contributed by atoms with Crippen LogP contribution in [0.4, 0.5) is 5.69 Å². The Labute approximate surface area is 84.2 Å². The highest BCUT2D eigenvalue weighted by molar-refractivity contribution is 6.06. The lowest BCUT2D eigenvalue weighted by Gasteiger charge is -2.21. The Balaban J connectivity index is 2.50. The van der Waals surface area contributed by atoms with Gasteiger partial charge in [-0.25, -0.2) is 0 Å². The van der Waals surface area contributed by atoms with Crippen LogP contribution in [0.5, 0.6) is 0 Å². The van der Waals surface area contributed by atoms with Crippen LogP contribution < -0.4 is 0 Å². The average molecular weight is 186 g/mol. The fraction of sp³-hybridized carbons (Fsp3) is 0.333. The van der Waals surface area contributed by atoms with Crippen molar-refractivity contribution in [1.82, 2.24) is 0 Å². The van der Waals surface area contributed by atoms with Crippen LogP contribution in [0, 0.1) is 5.41 Å². The molecule has 0 radical (unpaired) electrons. The molecule has 1 aromatic carbocycles. The molecule has 0 bridgehead atoms. The number of benzene rings is 1. The second-order valence-electron chi connectivity index (χ2n) is 4.11. The first-order valence-electron chi connectivity index (χ1n) is 4.83. The summed E-state index contributed by atoms with van der Waals surface area (Å²) in [6, 6.07) is 8.21. The Hall–Kier alpha value is -1.44. The minimum Gasteiger partial charge on any atom is -0.313 e. The predicted molar refractivity (Wildman–Crippen MR) is 60.0 cm³/mol. The van der Waals surface area contributed by atoms with Crippen LogP contribution in [0.2, 0.25) is 0 Å². The molecule has 0 spiro atoms. The van der Waals surface area contributed by atoms with Crippen LogP contribution in [-0.4, -0.2) is 11.9 Å². The van der Waals surface area contributed by atoms with Gasteiger partial charge in [0.1, 0.15) is 0 Å². The predicted octanol–water partition coefficient (Wildman–Crippen LogP) is 3.09. The molecule has 0 aromatic heterocycles. The van der Waals surface area contributed by atoms with E-state index in [0.29, 0.717) is 6.42 Å². The molecule has 1 N–H and O–H groups in total. The van der Waals surface area contributed by atoms with Crippen LogP contribution in [0.3, 0.4) is 0 Å². The molecule has 2 nitrogen and oxygen atoms in total. The number of nitrogens with one attached hydrogen (secondary N) is 1. The third-order valence-corrected chi connectivity index (χ3v) is 2.85. The summed E-state index contributed by atoms with van der Waals surface area (Å²) in [5.74, 6) is 0. The Bertz CT molecular complexity index is 403. The van der Waals surface area contributed by atoms with Crippen molar-refractivity contribution in [3.8, 4) is 0 Å². The summed E-state index contributed by atoms with van der Waals surface area (Å²) in [4.78, 5) is 4.56. The summed E-state index contributed by atoms with van der Waals surface area (Å²) in [7, 11) is 0. The van der Waals surface area contributed by atoms with E-state index < -0.39 is 0 Å². The highest BCUT2D eigenvalue weighted by atomic mass is 14.8. The van der Waals surface area contributed by atoms with Crippen molar-refractivity contribution in [3.63, 3.8) is 0 Å². The van der Waals surface area contributed by atoms with E-state index in [1.165, 1.54) is 11.8 Å². The second kappa shape index (κ2) is 3.05. The lowest BCUT2D eigenvalue weighted by atomic mass is 9.80. The quantitative estimate of drug-likeness (QED) is 0.689. The topological polar surface area (TPSA) is 36.2 Å². The minimum atomic E-state index is -0.00581. The molecular weight excluding hydrogens is 172 g/mol. The molecule has 0 saturated carbocycles. The summed E-state index contributed by atoms with van der Waals surface area (Å²) in [5, 5.41) is 7.15. The Kier molecular flexibility index (Phi) is 1.99. The molecule has 1 heterocycles. The Morgan fingerprint density at radius 1 is 1.36 bits per heavy atom. The molecule has 72 valence electrons. The molecule has 0 unspecified atom stereocenters. The van der Waals surface area contributed by atoms with Crippen LogP contribution in [0.15, 0.2) is 29.3 Å². The van der Waals surface area contributed by atoms with E-state index in [1.54, 1.807) is 0 Å². The molecule has 2 heteroatoms. The fourth-order valence-electron chi connectivity index (χ4n) is 1.94. The monoisotopic (exact) mass is 186 g/mol. The zero-order chi connectivity index (χ0) is 10.2. The number of rotatable bonds is 2. The maximum absolute atomic E-state index is 7.15. The standard InChI is InChI=1S/C12H14N2/c1-12(2)9-5-3-4-6-10(9)14-11(12)7-8-13/h3-6,8,13H,7H2,1-2H3. The summed E-state index contributed by atoms with van der Waals surface area (Å²) in [6.45, 7) is 4.34. The second-order valence-corrected chi connectivity index (χ2v) is 4.11. The first-order chi connectivity index (χ1) is 6.66. The van der Waals surface area contributed by atoms with Gasteiger partial charge < -0.3 is 5.41 Å². The minimum absolute atomic E-state index is 0.00581. The SMILES string of the molecule is CC1(C)C(CC=N)=Nc2ccccc21. The molecule has 1 aromatic rings. The normalized spacial score (nSPS) is 17.4. The van der Waals surface area contributed by atoms with Crippen molar-refractivity contribution in [3.05, 3.63) is 29.8 Å². The number of fused-ring (bicyclic) bond motifs is 1. The molecular formula is C12H14N2. The number of aliphatic imine (C=N–C) groups is 1. The molecule has 1 aliphatic heterocycles. The zero-order valence-corrected chi connectivity index (χ0v) is 8.54. The van der Waals surface area contributed by atoms with Crippen LogP contribution in [-0.2, 0) is 5.41 Å². The third kappa shape index (κ3) is 1.18. The molecule has 1 aliphatic rings. The van der Waals surface area contributed by atoms with E-state index in [-0.39, 0.29) is 5.41 Å². The largest absolute Gasteiger partial charge is 0.313 e. The summed E-state index contributed by atoms with van der Waals surface area (Å²) in [5.41, 5.74) is 3.42. The molecule has 0 aliphatic carbocycles. The van der Waals surface area contributed by atoms with Gasteiger partial charge in [0.2, 0.25) is 0 Å². The van der Waals surface area contributed by atoms with Crippen molar-refractivity contribution >= 4 is 17.6 Å². The molecule has 0 saturated heterocycles. The summed E-state index contributed by atoms with van der Waals surface area (Å²) in [6.07, 6.45) is 2.08. The number of hydrogen-bond acceptors (Lipinski definition) is 2. The van der Waals surface area contributed by atoms with Crippen molar-refractivity contribution in [2.24, 2.45) is 4.99 Å². The van der Waals surface area contributed by atoms with Gasteiger partial charge in [0.15, 0.2) is 0 Å². The van der Waals surface area contributed by atoms with Gasteiger partial charge in [-0.3, -0.25) is 4.99 Å². The van der Waals surface area contributed by atoms with Gasteiger partial charge in [-0.1, -0.05) is 32.0 Å². The number of nitrogens with zero attached hydrogens (tertiary/aromatic N) is 1. The van der Waals surface area contributed by atoms with Crippen molar-refractivity contribution in [1.29, 1.82) is 5.41 Å². The van der Waals surface area contributed by atoms with Gasteiger partial charge in [-0.15, -0.1) is 0 Å². The highest BCUT2D eigenvalue weighted by Crippen LogP contribution is 2.40. The zero-order valence-electron chi connectivity index (χ0n) is 8.54.